The minimum atomic E-state index is -0.874. The summed E-state index contributed by atoms with van der Waals surface area (Å²) in [7, 11) is 0. The second kappa shape index (κ2) is 33.0. The van der Waals surface area contributed by atoms with Gasteiger partial charge in [-0.1, -0.05) is 65.5 Å². The second-order valence-electron chi connectivity index (χ2n) is 23.8. The predicted octanol–water partition coefficient (Wildman–Crippen LogP) is 19.8. The maximum Gasteiger partial charge on any atom is 0.190 e. The summed E-state index contributed by atoms with van der Waals surface area (Å²) in [5, 5.41) is 20.9. The zero-order chi connectivity index (χ0) is 79.3. The van der Waals surface area contributed by atoms with Gasteiger partial charge in [-0.15, -0.1) is 0 Å². The fourth-order valence-electron chi connectivity index (χ4n) is 11.5. The van der Waals surface area contributed by atoms with Crippen molar-refractivity contribution in [3.05, 3.63) is 388 Å². The van der Waals surface area contributed by atoms with Crippen molar-refractivity contribution in [2.75, 3.05) is 5.32 Å². The van der Waals surface area contributed by atoms with Gasteiger partial charge in [0, 0.05) is 83.5 Å². The van der Waals surface area contributed by atoms with Gasteiger partial charge in [0.15, 0.2) is 27.5 Å². The number of benzene rings is 8. The maximum absolute atomic E-state index is 14.2. The molecule has 0 radical (unpaired) electrons. The van der Waals surface area contributed by atoms with Crippen LogP contribution in [0.4, 0.5) is 77.4 Å². The quantitative estimate of drug-likeness (QED) is 0.116. The van der Waals surface area contributed by atoms with E-state index in [2.05, 4.69) is 25.7 Å². The Bertz CT molecular complexity index is 5800. The van der Waals surface area contributed by atoms with E-state index in [1.165, 1.54) is 158 Å². The molecule has 0 amide bonds. The highest BCUT2D eigenvalue weighted by molar-refractivity contribution is 7.99. The van der Waals surface area contributed by atoms with Gasteiger partial charge in [0.1, 0.15) is 97.3 Å². The average molecular weight is 1590 g/mol. The van der Waals surface area contributed by atoms with E-state index in [9.17, 15) is 85.0 Å². The Morgan fingerprint density at radius 3 is 1.04 bits per heavy atom. The first-order valence-electron chi connectivity index (χ1n) is 32.5. The fraction of sp³-hybridized carbons (Fsp3) is 0.0123. The zero-order valence-corrected chi connectivity index (χ0v) is 58.8. The molecule has 1 N–H and O–H groups in total. The van der Waals surface area contributed by atoms with Crippen LogP contribution in [-0.4, -0.2) is 38.5 Å². The molecule has 0 bridgehead atoms. The lowest BCUT2D eigenvalue weighted by Gasteiger charge is -2.11. The van der Waals surface area contributed by atoms with Crippen LogP contribution in [0.2, 0.25) is 5.02 Å². The van der Waals surface area contributed by atoms with Crippen LogP contribution < -0.4 is 27.0 Å². The van der Waals surface area contributed by atoms with Gasteiger partial charge in [0.25, 0.3) is 0 Å². The summed E-state index contributed by atoms with van der Waals surface area (Å²) in [6.07, 6.45) is 5.54. The van der Waals surface area contributed by atoms with E-state index in [1.807, 2.05) is 0 Å². The molecule has 31 heteroatoms. The van der Waals surface area contributed by atoms with Gasteiger partial charge < -0.3 is 5.32 Å². The van der Waals surface area contributed by atoms with Crippen molar-refractivity contribution in [1.29, 1.82) is 0 Å². The Balaban J connectivity index is 0.000000131. The van der Waals surface area contributed by atoms with E-state index in [0.717, 1.165) is 115 Å². The standard InChI is InChI=1S/C21H12F4N2O.C20H10ClF3N2OS.C20H11F4N3O.C20H10F4N2OS/c22-13-5-4-12(17(25)11-13)10-14-6-7-18-21(19(28)8-9-27(18)26-14)20-15(23)2-1-3-16(20)24;21-12-10-11(22)4-6-17(12)28-18-7-5-15-20(16(27)8-9-26(15)25-18)19-13(23)2-1-3-14(19)24;21-11-4-5-15(14(24)10-11)25-18-7-6-16-20(17(28)8-9-27(16)26-18)19-12(22)2-1-3-13(19)23;21-11-4-6-17(14(24)10-11)28-18-7-5-15-20(16(27)8-9-26(15)25-18)19-12(22)2-1-3-13(19)23/h1-9,11H,10H2;1-10H;1-10H,(H,25,26);1-10H. The molecule has 0 unspecified atom stereocenters. The molecule has 16 rings (SSSR count). The molecule has 8 aromatic carbocycles. The highest BCUT2D eigenvalue weighted by Gasteiger charge is 2.24. The Kier molecular flexibility index (Phi) is 22.7. The van der Waals surface area contributed by atoms with Crippen LogP contribution in [0.3, 0.4) is 0 Å². The van der Waals surface area contributed by atoms with Crippen LogP contribution in [0, 0.1) is 87.3 Å². The molecule has 0 aliphatic carbocycles. The van der Waals surface area contributed by atoms with E-state index in [1.54, 1.807) is 12.1 Å². The summed E-state index contributed by atoms with van der Waals surface area (Å²) in [6.45, 7) is 0. The predicted molar refractivity (Wildman–Crippen MR) is 392 cm³/mol. The van der Waals surface area contributed by atoms with Crippen molar-refractivity contribution >= 4 is 68.7 Å². The van der Waals surface area contributed by atoms with Crippen molar-refractivity contribution in [2.45, 2.75) is 26.3 Å². The largest absolute Gasteiger partial charge is 0.336 e. The van der Waals surface area contributed by atoms with Gasteiger partial charge in [0.05, 0.1) is 83.0 Å². The average Bonchev–Trinajstić information content (AvgIpc) is 0.784. The normalized spacial score (nSPS) is 11.1. The molecule has 0 fully saturated rings. The molecule has 0 spiro atoms. The number of rotatable bonds is 12. The third-order valence-corrected chi connectivity index (χ3v) is 19.0. The van der Waals surface area contributed by atoms with Crippen LogP contribution in [0.5, 0.6) is 0 Å². The minimum absolute atomic E-state index is 0.00494. The summed E-state index contributed by atoms with van der Waals surface area (Å²) in [5.41, 5.74) is -3.00. The van der Waals surface area contributed by atoms with E-state index >= 15 is 0 Å². The van der Waals surface area contributed by atoms with E-state index in [-0.39, 0.29) is 77.7 Å². The molecule has 8 heterocycles. The molecule has 0 aliphatic rings. The van der Waals surface area contributed by atoms with Gasteiger partial charge in [-0.25, -0.2) is 83.9 Å². The summed E-state index contributed by atoms with van der Waals surface area (Å²) in [6, 6.07) is 43.5. The number of halogens is 16. The molecular weight excluding hydrogens is 1550 g/mol. The molecule has 560 valence electrons. The number of pyridine rings is 4. The summed E-state index contributed by atoms with van der Waals surface area (Å²) in [5.74, 6) is -11.5. The molecule has 0 saturated heterocycles. The van der Waals surface area contributed by atoms with Crippen molar-refractivity contribution in [3.8, 4) is 44.5 Å². The van der Waals surface area contributed by atoms with E-state index in [0.29, 0.717) is 20.6 Å². The highest BCUT2D eigenvalue weighted by Crippen LogP contribution is 2.37. The number of hydrogen-bond donors (Lipinski definition) is 1. The van der Waals surface area contributed by atoms with Crippen LogP contribution in [0.25, 0.3) is 66.6 Å². The van der Waals surface area contributed by atoms with Crippen LogP contribution in [0.1, 0.15) is 11.3 Å². The third kappa shape index (κ3) is 16.7. The minimum Gasteiger partial charge on any atom is -0.336 e. The van der Waals surface area contributed by atoms with E-state index < -0.39 is 131 Å². The lowest BCUT2D eigenvalue weighted by atomic mass is 10.0. The summed E-state index contributed by atoms with van der Waals surface area (Å²) < 4.78 is 213. The van der Waals surface area contributed by atoms with Crippen LogP contribution >= 0.6 is 35.1 Å². The topological polar surface area (TPSA) is 150 Å². The fourth-order valence-corrected chi connectivity index (χ4v) is 13.4. The monoisotopic (exact) mass is 1590 g/mol. The number of nitrogens with one attached hydrogen (secondary N) is 1. The lowest BCUT2D eigenvalue weighted by Crippen LogP contribution is -2.11. The van der Waals surface area contributed by atoms with Gasteiger partial charge in [-0.05, 0) is 151 Å². The molecule has 0 saturated carbocycles. The van der Waals surface area contributed by atoms with Crippen LogP contribution in [0.15, 0.2) is 282 Å². The number of fused-ring (bicyclic) bond motifs is 4. The molecule has 8 aromatic heterocycles. The van der Waals surface area contributed by atoms with Gasteiger partial charge in [-0.2, -0.15) is 20.4 Å². The Hall–Kier alpha value is -13.1. The molecule has 13 nitrogen and oxygen atoms in total. The summed E-state index contributed by atoms with van der Waals surface area (Å²) in [4.78, 5) is 50.1. The molecule has 0 atom stereocenters. The van der Waals surface area contributed by atoms with Crippen molar-refractivity contribution < 1.29 is 65.9 Å². The number of nitrogens with zero attached hydrogens (tertiary/aromatic N) is 8. The smallest absolute Gasteiger partial charge is 0.190 e. The maximum atomic E-state index is 14.2. The van der Waals surface area contributed by atoms with Crippen molar-refractivity contribution in [2.24, 2.45) is 0 Å². The SMILES string of the molecule is O=c1ccn2nc(Cc3ccc(F)cc3F)ccc2c1-c1c(F)cccc1F.O=c1ccn2nc(Nc3ccc(F)cc3F)ccc2c1-c1c(F)cccc1F.O=c1ccn2nc(Sc3ccc(F)cc3Cl)ccc2c1-c1c(F)cccc1F.O=c1ccn2nc(Sc3ccc(F)cc3F)ccc2c1-c1c(F)cccc1F. The molecular formula is C81H43ClF15N9O4S2. The second-order valence-corrected chi connectivity index (χ2v) is 26.4. The van der Waals surface area contributed by atoms with Crippen molar-refractivity contribution in [1.82, 2.24) is 38.5 Å². The first kappa shape index (κ1) is 77.1. The summed E-state index contributed by atoms with van der Waals surface area (Å²) >= 11 is 8.18. The molecule has 16 aromatic rings. The van der Waals surface area contributed by atoms with Gasteiger partial charge >= 0.3 is 0 Å². The third-order valence-electron chi connectivity index (χ3n) is 16.6. The first-order chi connectivity index (χ1) is 53.7. The Morgan fingerprint density at radius 1 is 0.304 bits per heavy atom. The first-order valence-corrected chi connectivity index (χ1v) is 34.6. The van der Waals surface area contributed by atoms with Gasteiger partial charge in [-0.3, -0.25) is 19.2 Å². The number of aromatic nitrogens is 8. The highest BCUT2D eigenvalue weighted by atomic mass is 35.5. The van der Waals surface area contributed by atoms with Gasteiger partial charge in [0.2, 0.25) is 0 Å². The van der Waals surface area contributed by atoms with Crippen molar-refractivity contribution in [3.63, 3.8) is 0 Å². The molecule has 112 heavy (non-hydrogen) atoms. The zero-order valence-electron chi connectivity index (χ0n) is 56.4. The Morgan fingerprint density at radius 2 is 0.643 bits per heavy atom. The number of anilines is 2. The number of hydrogen-bond acceptors (Lipinski definition) is 11. The lowest BCUT2D eigenvalue weighted by molar-refractivity contribution is 0.565. The van der Waals surface area contributed by atoms with Crippen LogP contribution in [-0.2, 0) is 6.42 Å². The van der Waals surface area contributed by atoms with E-state index in [4.69, 9.17) is 11.6 Å². The Labute approximate surface area is 633 Å². The molecule has 0 aliphatic heterocycles.